The van der Waals surface area contributed by atoms with Crippen molar-refractivity contribution >= 4 is 23.6 Å². The first-order valence-corrected chi connectivity index (χ1v) is 8.80. The van der Waals surface area contributed by atoms with E-state index < -0.39 is 30.2 Å². The molecule has 26 heavy (non-hydrogen) atoms. The number of methoxy groups -OCH3 is 1. The van der Waals surface area contributed by atoms with E-state index in [1.165, 1.54) is 7.11 Å². The molecule has 2 atom stereocenters. The van der Waals surface area contributed by atoms with Crippen molar-refractivity contribution in [3.63, 3.8) is 0 Å². The van der Waals surface area contributed by atoms with Gasteiger partial charge in [-0.05, 0) is 43.0 Å². The lowest BCUT2D eigenvalue weighted by atomic mass is 9.85. The van der Waals surface area contributed by atoms with Crippen LogP contribution in [0.2, 0.25) is 0 Å². The molecule has 7 nitrogen and oxygen atoms in total. The fourth-order valence-corrected chi connectivity index (χ4v) is 3.65. The van der Waals surface area contributed by atoms with Gasteiger partial charge in [0.25, 0.3) is 0 Å². The molecule has 2 aliphatic rings. The van der Waals surface area contributed by atoms with Crippen LogP contribution in [0.4, 0.5) is 4.79 Å². The smallest absolute Gasteiger partial charge is 0.334 e. The third-order valence-electron chi connectivity index (χ3n) is 5.20. The quantitative estimate of drug-likeness (QED) is 0.458. The van der Waals surface area contributed by atoms with Crippen LogP contribution < -0.4 is 4.74 Å². The number of urea groups is 1. The molecule has 1 aliphatic heterocycles. The van der Waals surface area contributed by atoms with Gasteiger partial charge in [0, 0.05) is 11.6 Å². The van der Waals surface area contributed by atoms with E-state index in [0.29, 0.717) is 17.7 Å². The highest BCUT2D eigenvalue weighted by atomic mass is 16.5. The van der Waals surface area contributed by atoms with Gasteiger partial charge in [-0.25, -0.2) is 9.69 Å². The van der Waals surface area contributed by atoms with Crippen LogP contribution in [0.5, 0.6) is 5.75 Å². The van der Waals surface area contributed by atoms with Crippen LogP contribution in [0.15, 0.2) is 24.3 Å². The van der Waals surface area contributed by atoms with Gasteiger partial charge in [-0.15, -0.1) is 0 Å². The molecular formula is C19H22N2O5. The summed E-state index contributed by atoms with van der Waals surface area (Å²) in [5.74, 6) is -1.39. The summed E-state index contributed by atoms with van der Waals surface area (Å²) in [5, 5.41) is 0. The van der Waals surface area contributed by atoms with Gasteiger partial charge >= 0.3 is 17.8 Å². The Labute approximate surface area is 151 Å². The molecular weight excluding hydrogens is 336 g/mol. The lowest BCUT2D eigenvalue weighted by Gasteiger charge is -2.34. The number of hydrogen-bond acceptors (Lipinski definition) is 5. The van der Waals surface area contributed by atoms with Crippen LogP contribution in [0.1, 0.15) is 43.0 Å². The third kappa shape index (κ3) is 3.21. The minimum Gasteiger partial charge on any atom is -0.497 e. The van der Waals surface area contributed by atoms with E-state index in [1.54, 1.807) is 24.3 Å². The Balaban J connectivity index is 1.75. The first-order chi connectivity index (χ1) is 12.4. The monoisotopic (exact) mass is 358 g/mol. The van der Waals surface area contributed by atoms with Gasteiger partial charge < -0.3 is 4.74 Å². The van der Waals surface area contributed by atoms with Crippen LogP contribution in [-0.4, -0.2) is 53.1 Å². The fourth-order valence-electron chi connectivity index (χ4n) is 3.65. The van der Waals surface area contributed by atoms with Gasteiger partial charge in [0.05, 0.1) is 13.7 Å². The predicted octanol–water partition coefficient (Wildman–Crippen LogP) is 2.25. The number of rotatable bonds is 5. The maximum absolute atomic E-state index is 12.7. The molecule has 0 radical (unpaired) electrons. The number of Topliss-reactive ketones (excluding diaryl/α,β-unsaturated/α-hetero) is 1. The number of carbonyl (C=O) groups excluding carboxylic acids is 4. The average molecular weight is 358 g/mol. The molecule has 0 aromatic heterocycles. The van der Waals surface area contributed by atoms with E-state index in [-0.39, 0.29) is 12.0 Å². The Kier molecular flexibility index (Phi) is 5.06. The Hall–Kier alpha value is -2.70. The molecule has 0 unspecified atom stereocenters. The van der Waals surface area contributed by atoms with Crippen LogP contribution >= 0.6 is 0 Å². The van der Waals surface area contributed by atoms with Crippen molar-refractivity contribution in [3.8, 4) is 5.75 Å². The molecule has 4 amide bonds. The maximum Gasteiger partial charge on any atom is 0.334 e. The van der Waals surface area contributed by atoms with E-state index in [9.17, 15) is 19.2 Å². The molecule has 1 saturated carbocycles. The average Bonchev–Trinajstić information content (AvgIpc) is 2.86. The fraction of sp³-hybridized carbons (Fsp3) is 0.474. The minimum absolute atomic E-state index is 0.154. The minimum atomic E-state index is -0.922. The number of ketones is 1. The zero-order valence-corrected chi connectivity index (χ0v) is 14.9. The van der Waals surface area contributed by atoms with Crippen LogP contribution in [-0.2, 0) is 9.59 Å². The topological polar surface area (TPSA) is 84.0 Å². The molecule has 1 saturated heterocycles. The van der Waals surface area contributed by atoms with Crippen LogP contribution in [0.25, 0.3) is 0 Å². The second-order valence-electron chi connectivity index (χ2n) is 6.83. The van der Waals surface area contributed by atoms with E-state index in [0.717, 1.165) is 29.1 Å². The summed E-state index contributed by atoms with van der Waals surface area (Å²) in [6.45, 7) is 1.55. The van der Waals surface area contributed by atoms with E-state index >= 15 is 0 Å². The van der Waals surface area contributed by atoms with Crippen molar-refractivity contribution in [2.45, 2.75) is 38.6 Å². The molecule has 0 N–H and O–H groups in total. The van der Waals surface area contributed by atoms with Crippen LogP contribution in [0.3, 0.4) is 0 Å². The van der Waals surface area contributed by atoms with Gasteiger partial charge in [0.15, 0.2) is 5.78 Å². The lowest BCUT2D eigenvalue weighted by Crippen LogP contribution is -2.46. The number of benzene rings is 1. The summed E-state index contributed by atoms with van der Waals surface area (Å²) < 4.78 is 5.04. The summed E-state index contributed by atoms with van der Waals surface area (Å²) in [6, 6.07) is 5.43. The van der Waals surface area contributed by atoms with E-state index in [1.807, 2.05) is 6.92 Å². The highest BCUT2D eigenvalue weighted by Gasteiger charge is 2.49. The summed E-state index contributed by atoms with van der Waals surface area (Å²) in [7, 11) is 1.52. The van der Waals surface area contributed by atoms with E-state index in [2.05, 4.69) is 0 Å². The van der Waals surface area contributed by atoms with Crippen molar-refractivity contribution in [2.75, 3.05) is 13.7 Å². The highest BCUT2D eigenvalue weighted by Crippen LogP contribution is 2.31. The van der Waals surface area contributed by atoms with Crippen molar-refractivity contribution in [1.82, 2.24) is 9.80 Å². The van der Waals surface area contributed by atoms with Crippen molar-refractivity contribution in [3.05, 3.63) is 29.8 Å². The second-order valence-corrected chi connectivity index (χ2v) is 6.83. The third-order valence-corrected chi connectivity index (χ3v) is 5.20. The maximum atomic E-state index is 12.7. The first kappa shape index (κ1) is 18.1. The zero-order chi connectivity index (χ0) is 18.8. The number of hydrogen-bond donors (Lipinski definition) is 0. The van der Waals surface area contributed by atoms with Gasteiger partial charge in [-0.2, -0.15) is 0 Å². The molecule has 1 heterocycles. The highest BCUT2D eigenvalue weighted by molar-refractivity contribution is 6.45. The molecule has 1 aliphatic carbocycles. The number of amides is 4. The second kappa shape index (κ2) is 7.27. The van der Waals surface area contributed by atoms with Crippen molar-refractivity contribution in [2.24, 2.45) is 5.92 Å². The van der Waals surface area contributed by atoms with Crippen LogP contribution in [0, 0.1) is 5.92 Å². The zero-order valence-electron chi connectivity index (χ0n) is 14.9. The molecule has 2 fully saturated rings. The van der Waals surface area contributed by atoms with Crippen molar-refractivity contribution in [1.29, 1.82) is 0 Å². The Bertz CT molecular complexity index is 743. The van der Waals surface area contributed by atoms with Gasteiger partial charge in [0.2, 0.25) is 0 Å². The number of nitrogens with zero attached hydrogens (tertiary/aromatic N) is 2. The molecule has 7 heteroatoms. The largest absolute Gasteiger partial charge is 0.497 e. The summed E-state index contributed by atoms with van der Waals surface area (Å²) in [6.07, 6.45) is 3.60. The Morgan fingerprint density at radius 2 is 1.73 bits per heavy atom. The number of ether oxygens (including phenoxy) is 1. The molecule has 0 bridgehead atoms. The van der Waals surface area contributed by atoms with Gasteiger partial charge in [-0.1, -0.05) is 19.8 Å². The van der Waals surface area contributed by atoms with E-state index in [4.69, 9.17) is 4.74 Å². The number of imide groups is 2. The van der Waals surface area contributed by atoms with Gasteiger partial charge in [-0.3, -0.25) is 19.3 Å². The molecule has 3 rings (SSSR count). The lowest BCUT2D eigenvalue weighted by molar-refractivity contribution is -0.144. The SMILES string of the molecule is COc1ccc(C(=O)CN2C(=O)C(=O)N([C@H]3CCCC[C@H]3C)C2=O)cc1. The predicted molar refractivity (Wildman–Crippen MR) is 92.7 cm³/mol. The normalized spacial score (nSPS) is 23.5. The molecule has 138 valence electrons. The molecule has 1 aromatic rings. The summed E-state index contributed by atoms with van der Waals surface area (Å²) >= 11 is 0. The Morgan fingerprint density at radius 3 is 2.35 bits per heavy atom. The standard InChI is InChI=1S/C19H22N2O5/c1-12-5-3-4-6-15(12)21-18(24)17(23)20(19(21)25)11-16(22)13-7-9-14(26-2)10-8-13/h7-10,12,15H,3-6,11H2,1-2H3/t12-,15+/m1/s1. The molecule has 1 aromatic carbocycles. The summed E-state index contributed by atoms with van der Waals surface area (Å²) in [5.41, 5.74) is 0.350. The summed E-state index contributed by atoms with van der Waals surface area (Å²) in [4.78, 5) is 51.6. The first-order valence-electron chi connectivity index (χ1n) is 8.80. The molecule has 0 spiro atoms. The Morgan fingerprint density at radius 1 is 1.08 bits per heavy atom. The van der Waals surface area contributed by atoms with Crippen molar-refractivity contribution < 1.29 is 23.9 Å². The van der Waals surface area contributed by atoms with Gasteiger partial charge in [0.1, 0.15) is 5.75 Å². The number of carbonyl (C=O) groups is 4.